The predicted molar refractivity (Wildman–Crippen MR) is 135 cm³/mol. The van der Waals surface area contributed by atoms with E-state index in [1.165, 1.54) is 6.07 Å². The number of carbonyl (C=O) groups excluding carboxylic acids is 2. The van der Waals surface area contributed by atoms with E-state index in [2.05, 4.69) is 5.32 Å². The topological polar surface area (TPSA) is 102 Å². The van der Waals surface area contributed by atoms with Crippen LogP contribution in [0.4, 0.5) is 11.4 Å². The number of hydrogen-bond acceptors (Lipinski definition) is 6. The highest BCUT2D eigenvalue weighted by Crippen LogP contribution is 2.23. The Morgan fingerprint density at radius 1 is 0.971 bits per heavy atom. The number of hydrogen-bond donors (Lipinski definition) is 1. The van der Waals surface area contributed by atoms with Crippen molar-refractivity contribution in [1.29, 1.82) is 0 Å². The van der Waals surface area contributed by atoms with Gasteiger partial charge in [-0.1, -0.05) is 36.4 Å². The van der Waals surface area contributed by atoms with Gasteiger partial charge in [0.15, 0.2) is 0 Å². The summed E-state index contributed by atoms with van der Waals surface area (Å²) in [5.74, 6) is -0.485. The van der Waals surface area contributed by atoms with Crippen molar-refractivity contribution in [2.24, 2.45) is 0 Å². The minimum absolute atomic E-state index is 0.230. The Morgan fingerprint density at radius 3 is 2.29 bits per heavy atom. The first-order valence-corrected chi connectivity index (χ1v) is 12.8. The van der Waals surface area contributed by atoms with E-state index in [-0.39, 0.29) is 6.61 Å². The Balaban J connectivity index is 1.71. The summed E-state index contributed by atoms with van der Waals surface area (Å²) in [7, 11) is -3.75. The molecule has 0 heterocycles. The van der Waals surface area contributed by atoms with E-state index < -0.39 is 28.4 Å². The molecule has 3 rings (SSSR count). The zero-order valence-corrected chi connectivity index (χ0v) is 20.7. The number of sulfonamides is 1. The summed E-state index contributed by atoms with van der Waals surface area (Å²) in [4.78, 5) is 24.8. The first kappa shape index (κ1) is 25.8. The molecule has 0 bridgehead atoms. The van der Waals surface area contributed by atoms with Gasteiger partial charge in [-0.3, -0.25) is 9.10 Å². The Bertz CT molecular complexity index is 1270. The fourth-order valence-electron chi connectivity index (χ4n) is 3.27. The van der Waals surface area contributed by atoms with Crippen molar-refractivity contribution in [1.82, 2.24) is 0 Å². The van der Waals surface area contributed by atoms with Gasteiger partial charge in [-0.05, 0) is 61.4 Å². The zero-order valence-electron chi connectivity index (χ0n) is 19.9. The highest BCUT2D eigenvalue weighted by atomic mass is 32.2. The number of ether oxygens (including phenoxy) is 2. The molecular weight excluding hydrogens is 468 g/mol. The lowest BCUT2D eigenvalue weighted by Gasteiger charge is -2.22. The monoisotopic (exact) mass is 496 g/mol. The van der Waals surface area contributed by atoms with Gasteiger partial charge in [-0.25, -0.2) is 13.2 Å². The molecule has 0 unspecified atom stereocenters. The van der Waals surface area contributed by atoms with Crippen LogP contribution in [0.2, 0.25) is 0 Å². The quantitative estimate of drug-likeness (QED) is 0.423. The lowest BCUT2D eigenvalue weighted by atomic mass is 10.1. The molecule has 0 radical (unpaired) electrons. The number of nitrogens with one attached hydrogen (secondary N) is 1. The molecule has 0 saturated carbocycles. The number of carbonyl (C=O) groups is 2. The third kappa shape index (κ3) is 7.31. The Kier molecular flexibility index (Phi) is 8.48. The van der Waals surface area contributed by atoms with Gasteiger partial charge < -0.3 is 14.8 Å². The molecule has 1 N–H and O–H groups in total. The predicted octanol–water partition coefficient (Wildman–Crippen LogP) is 4.16. The van der Waals surface area contributed by atoms with Crippen LogP contribution < -0.4 is 14.4 Å². The third-order valence-corrected chi connectivity index (χ3v) is 6.22. The van der Waals surface area contributed by atoms with Crippen molar-refractivity contribution in [2.75, 3.05) is 29.0 Å². The molecule has 0 aliphatic rings. The van der Waals surface area contributed by atoms with Crippen LogP contribution in [0.3, 0.4) is 0 Å². The molecular formula is C26H28N2O6S. The van der Waals surface area contributed by atoms with Crippen LogP contribution in [0, 0.1) is 6.92 Å². The highest BCUT2D eigenvalue weighted by Gasteiger charge is 2.21. The average molecular weight is 497 g/mol. The molecule has 0 aliphatic heterocycles. The van der Waals surface area contributed by atoms with E-state index in [1.54, 1.807) is 50.2 Å². The Hall–Kier alpha value is -3.85. The largest absolute Gasteiger partial charge is 0.489 e. The number of amides is 1. The van der Waals surface area contributed by atoms with E-state index in [1.807, 2.05) is 30.3 Å². The van der Waals surface area contributed by atoms with Gasteiger partial charge >= 0.3 is 5.97 Å². The highest BCUT2D eigenvalue weighted by molar-refractivity contribution is 7.92. The second-order valence-corrected chi connectivity index (χ2v) is 9.74. The molecule has 0 aliphatic carbocycles. The van der Waals surface area contributed by atoms with Crippen LogP contribution in [0.15, 0.2) is 72.8 Å². The molecule has 0 atom stereocenters. The fourth-order valence-corrected chi connectivity index (χ4v) is 4.12. The third-order valence-electron chi connectivity index (χ3n) is 5.08. The van der Waals surface area contributed by atoms with Gasteiger partial charge in [-0.15, -0.1) is 0 Å². The van der Waals surface area contributed by atoms with Crippen molar-refractivity contribution >= 4 is 33.3 Å². The summed E-state index contributed by atoms with van der Waals surface area (Å²) in [5.41, 5.74) is 2.75. The molecule has 1 amide bonds. The zero-order chi connectivity index (χ0) is 25.4. The molecule has 35 heavy (non-hydrogen) atoms. The van der Waals surface area contributed by atoms with Crippen molar-refractivity contribution < 1.29 is 27.5 Å². The average Bonchev–Trinajstić information content (AvgIpc) is 2.83. The SMILES string of the molecule is CCOC(=O)c1ccc(C)c(NC(=O)CN(c2ccc(OCc3ccccc3)cc2)S(C)(=O)=O)c1. The van der Waals surface area contributed by atoms with E-state index in [0.29, 0.717) is 29.3 Å². The minimum atomic E-state index is -3.75. The second-order valence-electron chi connectivity index (χ2n) is 7.84. The molecule has 0 fully saturated rings. The van der Waals surface area contributed by atoms with Crippen molar-refractivity contribution in [3.63, 3.8) is 0 Å². The van der Waals surface area contributed by atoms with E-state index in [0.717, 1.165) is 21.7 Å². The number of nitrogens with zero attached hydrogens (tertiary/aromatic N) is 1. The second kappa shape index (κ2) is 11.5. The van der Waals surface area contributed by atoms with Gasteiger partial charge in [0.05, 0.1) is 24.1 Å². The standard InChI is InChI=1S/C26H28N2O6S/c1-4-33-26(30)21-11-10-19(2)24(16-21)27-25(29)17-28(35(3,31)32)22-12-14-23(15-13-22)34-18-20-8-6-5-7-9-20/h5-16H,4,17-18H2,1-3H3,(H,27,29). The summed E-state index contributed by atoms with van der Waals surface area (Å²) in [6, 6.07) is 20.9. The van der Waals surface area contributed by atoms with E-state index in [4.69, 9.17) is 9.47 Å². The van der Waals surface area contributed by atoms with Crippen molar-refractivity contribution in [3.05, 3.63) is 89.5 Å². The van der Waals surface area contributed by atoms with Crippen molar-refractivity contribution in [2.45, 2.75) is 20.5 Å². The Labute approximate surface area is 205 Å². The molecule has 3 aromatic rings. The Morgan fingerprint density at radius 2 is 1.66 bits per heavy atom. The summed E-state index contributed by atoms with van der Waals surface area (Å²) in [6.07, 6.45) is 1.03. The smallest absolute Gasteiger partial charge is 0.338 e. The minimum Gasteiger partial charge on any atom is -0.489 e. The first-order chi connectivity index (χ1) is 16.7. The van der Waals surface area contributed by atoms with Crippen LogP contribution >= 0.6 is 0 Å². The van der Waals surface area contributed by atoms with Gasteiger partial charge in [0.25, 0.3) is 0 Å². The summed E-state index contributed by atoms with van der Waals surface area (Å²) in [6.45, 7) is 3.64. The molecule has 3 aromatic carbocycles. The lowest BCUT2D eigenvalue weighted by molar-refractivity contribution is -0.114. The molecule has 0 aromatic heterocycles. The first-order valence-electron chi connectivity index (χ1n) is 11.0. The van der Waals surface area contributed by atoms with Gasteiger partial charge in [-0.2, -0.15) is 0 Å². The molecule has 184 valence electrons. The van der Waals surface area contributed by atoms with Crippen molar-refractivity contribution in [3.8, 4) is 5.75 Å². The van der Waals surface area contributed by atoms with E-state index >= 15 is 0 Å². The van der Waals surface area contributed by atoms with Gasteiger partial charge in [0, 0.05) is 5.69 Å². The summed E-state index contributed by atoms with van der Waals surface area (Å²) < 4.78 is 36.7. The summed E-state index contributed by atoms with van der Waals surface area (Å²) in [5, 5.41) is 2.69. The number of aryl methyl sites for hydroxylation is 1. The normalized spacial score (nSPS) is 10.9. The van der Waals surface area contributed by atoms with Gasteiger partial charge in [0.2, 0.25) is 15.9 Å². The molecule has 9 heteroatoms. The lowest BCUT2D eigenvalue weighted by Crippen LogP contribution is -2.37. The molecule has 0 spiro atoms. The number of benzene rings is 3. The van der Waals surface area contributed by atoms with Crippen LogP contribution in [-0.2, 0) is 26.2 Å². The van der Waals surface area contributed by atoms with Crippen LogP contribution in [0.1, 0.15) is 28.4 Å². The maximum Gasteiger partial charge on any atom is 0.338 e. The maximum atomic E-state index is 12.8. The number of rotatable bonds is 10. The van der Waals surface area contributed by atoms with Gasteiger partial charge in [0.1, 0.15) is 18.9 Å². The van der Waals surface area contributed by atoms with Crippen LogP contribution in [0.25, 0.3) is 0 Å². The fraction of sp³-hybridized carbons (Fsp3) is 0.231. The van der Waals surface area contributed by atoms with Crippen LogP contribution in [-0.4, -0.2) is 39.7 Å². The molecule has 0 saturated heterocycles. The van der Waals surface area contributed by atoms with E-state index in [9.17, 15) is 18.0 Å². The number of esters is 1. The summed E-state index contributed by atoms with van der Waals surface area (Å²) >= 11 is 0. The molecule has 8 nitrogen and oxygen atoms in total. The van der Waals surface area contributed by atoms with Crippen LogP contribution in [0.5, 0.6) is 5.75 Å². The number of anilines is 2. The maximum absolute atomic E-state index is 12.8.